The Kier molecular flexibility index (Phi) is 5.30. The van der Waals surface area contributed by atoms with E-state index in [2.05, 4.69) is 15.6 Å². The molecule has 0 saturated carbocycles. The number of halogens is 1. The van der Waals surface area contributed by atoms with Gasteiger partial charge in [-0.3, -0.25) is 4.79 Å². The second kappa shape index (κ2) is 8.20. The van der Waals surface area contributed by atoms with E-state index in [9.17, 15) is 9.18 Å². The molecule has 152 valence electrons. The maximum atomic E-state index is 13.4. The van der Waals surface area contributed by atoms with E-state index in [1.807, 2.05) is 48.8 Å². The molecule has 7 nitrogen and oxygen atoms in total. The number of methoxy groups -OCH3 is 1. The van der Waals surface area contributed by atoms with Crippen LogP contribution in [0.3, 0.4) is 0 Å². The zero-order valence-electron chi connectivity index (χ0n) is 16.5. The van der Waals surface area contributed by atoms with E-state index in [4.69, 9.17) is 4.74 Å². The van der Waals surface area contributed by atoms with Crippen molar-refractivity contribution in [3.8, 4) is 11.6 Å². The number of benzene rings is 2. The minimum absolute atomic E-state index is 0.170. The van der Waals surface area contributed by atoms with E-state index < -0.39 is 5.91 Å². The Morgan fingerprint density at radius 3 is 2.53 bits per heavy atom. The highest BCUT2D eigenvalue weighted by Gasteiger charge is 2.22. The summed E-state index contributed by atoms with van der Waals surface area (Å²) in [6.07, 6.45) is 3.65. The molecule has 2 aromatic heterocycles. The van der Waals surface area contributed by atoms with Crippen molar-refractivity contribution in [2.24, 2.45) is 0 Å². The van der Waals surface area contributed by atoms with Gasteiger partial charge in [-0.05, 0) is 60.5 Å². The molecule has 0 fully saturated rings. The Morgan fingerprint density at radius 1 is 1.13 bits per heavy atom. The highest BCUT2D eigenvalue weighted by molar-refractivity contribution is 6.05. The molecule has 0 bridgehead atoms. The Morgan fingerprint density at radius 2 is 1.87 bits per heavy atom. The summed E-state index contributed by atoms with van der Waals surface area (Å²) in [5.74, 6) is 0.518. The van der Waals surface area contributed by atoms with Crippen LogP contribution in [0.4, 0.5) is 10.1 Å². The lowest BCUT2D eigenvalue weighted by Crippen LogP contribution is -2.17. The number of rotatable bonds is 6. The third kappa shape index (κ3) is 3.93. The molecule has 1 N–H and O–H groups in total. The minimum atomic E-state index is -0.422. The summed E-state index contributed by atoms with van der Waals surface area (Å²) >= 11 is 0. The third-order valence-corrected chi connectivity index (χ3v) is 4.70. The van der Waals surface area contributed by atoms with E-state index in [0.717, 1.165) is 11.3 Å². The van der Waals surface area contributed by atoms with Crippen molar-refractivity contribution in [2.75, 3.05) is 12.4 Å². The first kappa shape index (κ1) is 19.4. The van der Waals surface area contributed by atoms with E-state index in [-0.39, 0.29) is 11.5 Å². The van der Waals surface area contributed by atoms with Crippen molar-refractivity contribution < 1.29 is 13.9 Å². The molecule has 4 aromatic rings. The molecule has 2 aromatic carbocycles. The van der Waals surface area contributed by atoms with Gasteiger partial charge in [-0.25, -0.2) is 9.07 Å². The normalized spacial score (nSPS) is 10.8. The van der Waals surface area contributed by atoms with Gasteiger partial charge in [0, 0.05) is 18.1 Å². The van der Waals surface area contributed by atoms with Crippen molar-refractivity contribution in [2.45, 2.75) is 13.5 Å². The number of ether oxygens (including phenoxy) is 1. The molecule has 0 radical (unpaired) electrons. The molecule has 0 unspecified atom stereocenters. The van der Waals surface area contributed by atoms with Crippen molar-refractivity contribution in [1.82, 2.24) is 19.6 Å². The number of aromatic nitrogens is 4. The van der Waals surface area contributed by atoms with Crippen LogP contribution in [0, 0.1) is 12.7 Å². The lowest BCUT2D eigenvalue weighted by atomic mass is 10.2. The third-order valence-electron chi connectivity index (χ3n) is 4.70. The van der Waals surface area contributed by atoms with Gasteiger partial charge in [0.25, 0.3) is 5.91 Å². The van der Waals surface area contributed by atoms with Crippen LogP contribution >= 0.6 is 0 Å². The largest absolute Gasteiger partial charge is 0.497 e. The first-order valence-corrected chi connectivity index (χ1v) is 9.32. The van der Waals surface area contributed by atoms with Gasteiger partial charge in [-0.1, -0.05) is 17.3 Å². The van der Waals surface area contributed by atoms with Crippen molar-refractivity contribution in [1.29, 1.82) is 0 Å². The number of carbonyl (C=O) groups is 1. The number of hydrogen-bond acceptors (Lipinski definition) is 4. The SMILES string of the molecule is COc1ccc(Cn2nnc(C(=O)Nc3ccc(F)cc3C)c2-n2cccc2)cc1. The summed E-state index contributed by atoms with van der Waals surface area (Å²) in [6.45, 7) is 2.15. The van der Waals surface area contributed by atoms with E-state index >= 15 is 0 Å². The summed E-state index contributed by atoms with van der Waals surface area (Å²) in [5.41, 5.74) is 2.29. The Bertz CT molecular complexity index is 1170. The highest BCUT2D eigenvalue weighted by Crippen LogP contribution is 2.20. The fraction of sp³-hybridized carbons (Fsp3) is 0.136. The lowest BCUT2D eigenvalue weighted by Gasteiger charge is -2.11. The summed E-state index contributed by atoms with van der Waals surface area (Å²) in [6, 6.07) is 15.5. The average Bonchev–Trinajstić information content (AvgIpc) is 3.40. The van der Waals surface area contributed by atoms with E-state index in [1.54, 1.807) is 23.3 Å². The molecule has 0 aliphatic heterocycles. The fourth-order valence-electron chi connectivity index (χ4n) is 3.15. The van der Waals surface area contributed by atoms with Gasteiger partial charge in [0.05, 0.1) is 13.7 Å². The number of hydrogen-bond donors (Lipinski definition) is 1. The molecule has 0 spiro atoms. The van der Waals surface area contributed by atoms with E-state index in [0.29, 0.717) is 23.6 Å². The first-order valence-electron chi connectivity index (χ1n) is 9.32. The smallest absolute Gasteiger partial charge is 0.280 e. The number of amides is 1. The molecule has 1 amide bonds. The predicted octanol–water partition coefficient (Wildman–Crippen LogP) is 3.83. The molecule has 30 heavy (non-hydrogen) atoms. The predicted molar refractivity (Wildman–Crippen MR) is 111 cm³/mol. The summed E-state index contributed by atoms with van der Waals surface area (Å²) in [7, 11) is 1.62. The number of nitrogens with zero attached hydrogens (tertiary/aromatic N) is 4. The van der Waals surface area contributed by atoms with Crippen LogP contribution in [0.25, 0.3) is 5.82 Å². The van der Waals surface area contributed by atoms with Gasteiger partial charge in [-0.2, -0.15) is 0 Å². The summed E-state index contributed by atoms with van der Waals surface area (Å²) < 4.78 is 22.0. The van der Waals surface area contributed by atoms with Gasteiger partial charge in [0.15, 0.2) is 11.5 Å². The molecular formula is C22H20FN5O2. The Hall–Kier alpha value is -3.94. The monoisotopic (exact) mass is 405 g/mol. The standard InChI is InChI=1S/C22H20FN5O2/c1-15-13-17(23)7-10-19(15)24-21(29)20-22(27-11-3-4-12-27)28(26-25-20)14-16-5-8-18(30-2)9-6-16/h3-13H,14H2,1-2H3,(H,24,29). The molecule has 0 aliphatic rings. The van der Waals surface area contributed by atoms with Crippen LogP contribution < -0.4 is 10.1 Å². The van der Waals surface area contributed by atoms with Crippen molar-refractivity contribution >= 4 is 11.6 Å². The second-order valence-electron chi connectivity index (χ2n) is 6.77. The van der Waals surface area contributed by atoms with Gasteiger partial charge in [0.1, 0.15) is 11.6 Å². The zero-order valence-corrected chi connectivity index (χ0v) is 16.5. The van der Waals surface area contributed by atoms with Crippen LogP contribution in [-0.4, -0.2) is 32.6 Å². The highest BCUT2D eigenvalue weighted by atomic mass is 19.1. The molecule has 2 heterocycles. The second-order valence-corrected chi connectivity index (χ2v) is 6.77. The topological polar surface area (TPSA) is 74.0 Å². The van der Waals surface area contributed by atoms with E-state index in [1.165, 1.54) is 18.2 Å². The van der Waals surface area contributed by atoms with Crippen LogP contribution in [0.5, 0.6) is 5.75 Å². The maximum absolute atomic E-state index is 13.4. The van der Waals surface area contributed by atoms with Crippen LogP contribution in [0.15, 0.2) is 67.0 Å². The Balaban J connectivity index is 1.67. The van der Waals surface area contributed by atoms with Gasteiger partial charge in [-0.15, -0.1) is 5.10 Å². The van der Waals surface area contributed by atoms with Crippen LogP contribution in [-0.2, 0) is 6.54 Å². The number of anilines is 1. The average molecular weight is 405 g/mol. The number of nitrogens with one attached hydrogen (secondary N) is 1. The lowest BCUT2D eigenvalue weighted by molar-refractivity contribution is 0.102. The summed E-state index contributed by atoms with van der Waals surface area (Å²) in [5, 5.41) is 11.1. The van der Waals surface area contributed by atoms with Crippen LogP contribution in [0.1, 0.15) is 21.6 Å². The molecule has 0 aliphatic carbocycles. The first-order chi connectivity index (χ1) is 14.5. The number of carbonyl (C=O) groups excluding carboxylic acids is 1. The van der Waals surface area contributed by atoms with Crippen molar-refractivity contribution in [3.63, 3.8) is 0 Å². The van der Waals surface area contributed by atoms with Crippen molar-refractivity contribution in [3.05, 3.63) is 89.6 Å². The molecule has 8 heteroatoms. The fourth-order valence-corrected chi connectivity index (χ4v) is 3.15. The maximum Gasteiger partial charge on any atom is 0.280 e. The molecule has 4 rings (SSSR count). The van der Waals surface area contributed by atoms with Crippen LogP contribution in [0.2, 0.25) is 0 Å². The quantitative estimate of drug-likeness (QED) is 0.529. The minimum Gasteiger partial charge on any atom is -0.497 e. The molecule has 0 saturated heterocycles. The van der Waals surface area contributed by atoms with Gasteiger partial charge in [0.2, 0.25) is 0 Å². The summed E-state index contributed by atoms with van der Waals surface area (Å²) in [4.78, 5) is 13.0. The molecule has 0 atom stereocenters. The number of aryl methyl sites for hydroxylation is 1. The molecular weight excluding hydrogens is 385 g/mol. The van der Waals surface area contributed by atoms with Gasteiger partial charge >= 0.3 is 0 Å². The zero-order chi connectivity index (χ0) is 21.1. The van der Waals surface area contributed by atoms with Gasteiger partial charge < -0.3 is 14.6 Å². The Labute approximate surface area is 172 Å².